The van der Waals surface area contributed by atoms with Crippen molar-refractivity contribution in [3.8, 4) is 0 Å². The van der Waals surface area contributed by atoms with Gasteiger partial charge in [0.1, 0.15) is 6.04 Å². The molecule has 3 aromatic carbocycles. The maximum Gasteiger partial charge on any atom is 0.260 e. The number of benzene rings is 3. The lowest BCUT2D eigenvalue weighted by atomic mass is 9.88. The Morgan fingerprint density at radius 1 is 0.844 bits per heavy atom. The number of anilines is 1. The van der Waals surface area contributed by atoms with E-state index in [2.05, 4.69) is 21.2 Å². The minimum absolute atomic E-state index is 0.104. The van der Waals surface area contributed by atoms with Gasteiger partial charge in [-0.2, -0.15) is 0 Å². The van der Waals surface area contributed by atoms with Crippen LogP contribution in [0.1, 0.15) is 30.4 Å². The van der Waals surface area contributed by atoms with Gasteiger partial charge >= 0.3 is 0 Å². The molecule has 1 unspecified atom stereocenters. The molecule has 2 amide bonds. The Balaban J connectivity index is 1.34. The average Bonchev–Trinajstić information content (AvgIpc) is 3.24. The van der Waals surface area contributed by atoms with E-state index in [0.29, 0.717) is 5.13 Å². The Morgan fingerprint density at radius 2 is 1.44 bits per heavy atom. The van der Waals surface area contributed by atoms with Crippen molar-refractivity contribution < 1.29 is 9.59 Å². The number of aromatic nitrogens is 1. The highest BCUT2D eigenvalue weighted by Crippen LogP contribution is 2.28. The summed E-state index contributed by atoms with van der Waals surface area (Å²) in [4.78, 5) is 29.6. The van der Waals surface area contributed by atoms with Crippen molar-refractivity contribution in [2.75, 3.05) is 5.32 Å². The van der Waals surface area contributed by atoms with Crippen molar-refractivity contribution >= 4 is 38.5 Å². The highest BCUT2D eigenvalue weighted by Gasteiger charge is 2.20. The summed E-state index contributed by atoms with van der Waals surface area (Å²) < 4.78 is 1.05. The first-order valence-electron chi connectivity index (χ1n) is 10.4. The largest absolute Gasteiger partial charge is 0.350 e. The molecule has 4 aromatic rings. The van der Waals surface area contributed by atoms with E-state index in [0.717, 1.165) is 21.3 Å². The third-order valence-corrected chi connectivity index (χ3v) is 6.11. The molecule has 3 N–H and O–H groups in total. The molecule has 1 aromatic heterocycles. The van der Waals surface area contributed by atoms with Gasteiger partial charge in [-0.15, -0.1) is 0 Å². The Bertz CT molecular complexity index is 1120. The second kappa shape index (κ2) is 10.1. The summed E-state index contributed by atoms with van der Waals surface area (Å²) in [6, 6.07) is 27.0. The van der Waals surface area contributed by atoms with E-state index in [1.807, 2.05) is 84.9 Å². The third-order valence-electron chi connectivity index (χ3n) is 5.15. The lowest BCUT2D eigenvalue weighted by molar-refractivity contribution is -0.129. The van der Waals surface area contributed by atoms with Gasteiger partial charge in [0.15, 0.2) is 5.13 Å². The molecule has 4 rings (SSSR count). The molecular formula is C25H24N4O2S. The quantitative estimate of drug-likeness (QED) is 0.367. The molecule has 0 aliphatic carbocycles. The van der Waals surface area contributed by atoms with Crippen LogP contribution in [0.3, 0.4) is 0 Å². The topological polar surface area (TPSA) is 83.1 Å². The van der Waals surface area contributed by atoms with Gasteiger partial charge in [0.05, 0.1) is 10.2 Å². The summed E-state index contributed by atoms with van der Waals surface area (Å²) in [7, 11) is 0. The molecule has 162 valence electrons. The van der Waals surface area contributed by atoms with Crippen molar-refractivity contribution in [1.29, 1.82) is 0 Å². The maximum atomic E-state index is 12.6. The van der Waals surface area contributed by atoms with Crippen LogP contribution in [0.5, 0.6) is 0 Å². The number of hydrogen-bond donors (Lipinski definition) is 3. The fraction of sp³-hybridized carbons (Fsp3) is 0.160. The lowest BCUT2D eigenvalue weighted by Crippen LogP contribution is -2.48. The first-order valence-corrected chi connectivity index (χ1v) is 11.2. The highest BCUT2D eigenvalue weighted by molar-refractivity contribution is 7.22. The van der Waals surface area contributed by atoms with Crippen LogP contribution in [0, 0.1) is 0 Å². The number of hydrazine groups is 1. The number of nitrogens with zero attached hydrogens (tertiary/aromatic N) is 1. The number of rotatable bonds is 7. The molecule has 32 heavy (non-hydrogen) atoms. The fourth-order valence-electron chi connectivity index (χ4n) is 3.46. The van der Waals surface area contributed by atoms with Crippen molar-refractivity contribution in [2.45, 2.75) is 25.3 Å². The molecule has 0 aliphatic rings. The van der Waals surface area contributed by atoms with Crippen LogP contribution in [-0.2, 0) is 9.59 Å². The molecule has 6 nitrogen and oxygen atoms in total. The lowest BCUT2D eigenvalue weighted by Gasteiger charge is -2.19. The van der Waals surface area contributed by atoms with Crippen LogP contribution in [-0.4, -0.2) is 22.8 Å². The number of nitrogens with one attached hydrogen (secondary N) is 3. The summed E-state index contributed by atoms with van der Waals surface area (Å²) in [6.45, 7) is 1.73. The van der Waals surface area contributed by atoms with Crippen molar-refractivity contribution in [2.24, 2.45) is 0 Å². The number of carbonyl (C=O) groups excluding carboxylic acids is 2. The molecule has 0 bridgehead atoms. The zero-order chi connectivity index (χ0) is 22.3. The van der Waals surface area contributed by atoms with E-state index < -0.39 is 6.04 Å². The van der Waals surface area contributed by atoms with Gasteiger partial charge in [-0.1, -0.05) is 84.1 Å². The zero-order valence-electron chi connectivity index (χ0n) is 17.6. The molecule has 1 heterocycles. The van der Waals surface area contributed by atoms with Crippen molar-refractivity contribution in [3.63, 3.8) is 0 Å². The summed E-state index contributed by atoms with van der Waals surface area (Å²) in [6.07, 6.45) is 0.216. The summed E-state index contributed by atoms with van der Waals surface area (Å²) in [5, 5.41) is 3.75. The number of thiazole rings is 1. The van der Waals surface area contributed by atoms with Crippen LogP contribution in [0.2, 0.25) is 0 Å². The van der Waals surface area contributed by atoms with Crippen molar-refractivity contribution in [1.82, 2.24) is 15.8 Å². The van der Waals surface area contributed by atoms with Gasteiger partial charge in [0.2, 0.25) is 5.91 Å². The Kier molecular flexibility index (Phi) is 6.77. The molecule has 1 atom stereocenters. The monoisotopic (exact) mass is 444 g/mol. The second-order valence-corrected chi connectivity index (χ2v) is 8.50. The van der Waals surface area contributed by atoms with E-state index in [4.69, 9.17) is 0 Å². The van der Waals surface area contributed by atoms with E-state index >= 15 is 0 Å². The van der Waals surface area contributed by atoms with Crippen LogP contribution in [0.15, 0.2) is 84.9 Å². The Morgan fingerprint density at radius 3 is 2.06 bits per heavy atom. The standard InChI is InChI=1S/C25H24N4O2S/c1-17(26-25-27-21-14-8-9-15-22(21)32-25)24(31)29-28-23(30)16-20(18-10-4-2-5-11-18)19-12-6-3-7-13-19/h2-15,17,20H,16H2,1H3,(H,26,27)(H,28,30)(H,29,31). The minimum atomic E-state index is -0.560. The predicted molar refractivity (Wildman–Crippen MR) is 128 cm³/mol. The summed E-state index contributed by atoms with van der Waals surface area (Å²) >= 11 is 1.48. The third kappa shape index (κ3) is 5.31. The SMILES string of the molecule is CC(Nc1nc2ccccc2s1)C(=O)NNC(=O)CC(c1ccccc1)c1ccccc1. The number of hydrogen-bond acceptors (Lipinski definition) is 5. The zero-order valence-corrected chi connectivity index (χ0v) is 18.4. The molecular weight excluding hydrogens is 420 g/mol. The summed E-state index contributed by atoms with van der Waals surface area (Å²) in [5.41, 5.74) is 8.05. The van der Waals surface area contributed by atoms with Crippen LogP contribution in [0.25, 0.3) is 10.2 Å². The van der Waals surface area contributed by atoms with Crippen LogP contribution >= 0.6 is 11.3 Å². The molecule has 7 heteroatoms. The molecule has 0 fully saturated rings. The number of amides is 2. The molecule has 0 aliphatic heterocycles. The predicted octanol–water partition coefficient (Wildman–Crippen LogP) is 4.47. The Labute approximate surface area is 190 Å². The minimum Gasteiger partial charge on any atom is -0.350 e. The first-order chi connectivity index (χ1) is 15.6. The van der Waals surface area contributed by atoms with E-state index in [1.165, 1.54) is 11.3 Å². The normalized spacial score (nSPS) is 11.8. The van der Waals surface area contributed by atoms with Gasteiger partial charge in [-0.25, -0.2) is 4.98 Å². The van der Waals surface area contributed by atoms with Crippen LogP contribution in [0.4, 0.5) is 5.13 Å². The second-order valence-electron chi connectivity index (χ2n) is 7.47. The smallest absolute Gasteiger partial charge is 0.260 e. The van der Waals surface area contributed by atoms with E-state index in [-0.39, 0.29) is 24.2 Å². The highest BCUT2D eigenvalue weighted by atomic mass is 32.1. The van der Waals surface area contributed by atoms with E-state index in [1.54, 1.807) is 6.92 Å². The average molecular weight is 445 g/mol. The van der Waals surface area contributed by atoms with Gasteiger partial charge in [-0.3, -0.25) is 20.4 Å². The van der Waals surface area contributed by atoms with Crippen molar-refractivity contribution in [3.05, 3.63) is 96.1 Å². The number of fused-ring (bicyclic) bond motifs is 1. The van der Waals surface area contributed by atoms with Gasteiger partial charge in [0, 0.05) is 12.3 Å². The Hall–Kier alpha value is -3.71. The van der Waals surface area contributed by atoms with E-state index in [9.17, 15) is 9.59 Å². The molecule has 0 saturated heterocycles. The maximum absolute atomic E-state index is 12.6. The van der Waals surface area contributed by atoms with Gasteiger partial charge in [0.25, 0.3) is 5.91 Å². The van der Waals surface area contributed by atoms with Gasteiger partial charge in [-0.05, 0) is 30.2 Å². The fourth-order valence-corrected chi connectivity index (χ4v) is 4.41. The van der Waals surface area contributed by atoms with Crippen LogP contribution < -0.4 is 16.2 Å². The summed E-state index contributed by atoms with van der Waals surface area (Å²) in [5.74, 6) is -0.704. The molecule has 0 saturated carbocycles. The molecule has 0 radical (unpaired) electrons. The number of carbonyl (C=O) groups is 2. The first kappa shape index (κ1) is 21.5. The molecule has 0 spiro atoms. The van der Waals surface area contributed by atoms with Gasteiger partial charge < -0.3 is 5.32 Å². The number of para-hydroxylation sites is 1.